The summed E-state index contributed by atoms with van der Waals surface area (Å²) in [5.41, 5.74) is 0. The Morgan fingerprint density at radius 1 is 1.35 bits per heavy atom. The van der Waals surface area contributed by atoms with Gasteiger partial charge >= 0.3 is 5.97 Å². The molecule has 0 unspecified atom stereocenters. The van der Waals surface area contributed by atoms with Crippen molar-refractivity contribution < 1.29 is 18.8 Å². The number of aliphatic carboxylic acids is 1. The van der Waals surface area contributed by atoms with E-state index in [4.69, 9.17) is 9.63 Å². The lowest BCUT2D eigenvalue weighted by Crippen LogP contribution is -1.98. The van der Waals surface area contributed by atoms with E-state index in [0.717, 1.165) is 0 Å². The van der Waals surface area contributed by atoms with Crippen LogP contribution in [0.1, 0.15) is 11.7 Å². The maximum atomic E-state index is 13.4. The number of hydrogen-bond donors (Lipinski definition) is 1. The molecule has 0 aliphatic carbocycles. The highest BCUT2D eigenvalue weighted by molar-refractivity contribution is 7.99. The van der Waals surface area contributed by atoms with Crippen LogP contribution in [0.4, 0.5) is 4.39 Å². The molecule has 1 aromatic heterocycles. The topological polar surface area (TPSA) is 76.2 Å². The Hall–Kier alpha value is -1.54. The summed E-state index contributed by atoms with van der Waals surface area (Å²) in [5, 5.41) is 12.3. The van der Waals surface area contributed by atoms with E-state index in [1.165, 1.54) is 29.6 Å². The van der Waals surface area contributed by atoms with Crippen LogP contribution in [0.3, 0.4) is 0 Å². The lowest BCUT2D eigenvalue weighted by Gasteiger charge is -1.99. The van der Waals surface area contributed by atoms with Gasteiger partial charge in [-0.3, -0.25) is 4.79 Å². The minimum atomic E-state index is -0.884. The molecule has 0 saturated heterocycles. The van der Waals surface area contributed by atoms with E-state index >= 15 is 0 Å². The first kappa shape index (κ1) is 14.9. The molecule has 1 aromatic carbocycles. The molecule has 20 heavy (non-hydrogen) atoms. The molecule has 0 aliphatic rings. The van der Waals surface area contributed by atoms with Gasteiger partial charge in [0.1, 0.15) is 5.82 Å². The highest BCUT2D eigenvalue weighted by atomic mass is 32.2. The molecule has 0 spiro atoms. The van der Waals surface area contributed by atoms with Gasteiger partial charge in [0.15, 0.2) is 5.82 Å². The molecule has 106 valence electrons. The number of carbonyl (C=O) groups is 1. The Kier molecular flexibility index (Phi) is 5.42. The van der Waals surface area contributed by atoms with E-state index in [-0.39, 0.29) is 11.6 Å². The summed E-state index contributed by atoms with van der Waals surface area (Å²) in [4.78, 5) is 15.0. The van der Waals surface area contributed by atoms with Crippen molar-refractivity contribution in [2.45, 2.75) is 16.4 Å². The molecular weight excluding hydrogens is 303 g/mol. The third-order valence-corrected chi connectivity index (χ3v) is 4.10. The maximum absolute atomic E-state index is 13.4. The van der Waals surface area contributed by atoms with E-state index in [9.17, 15) is 9.18 Å². The van der Waals surface area contributed by atoms with Crippen molar-refractivity contribution in [1.82, 2.24) is 10.1 Å². The second-order valence-electron chi connectivity index (χ2n) is 3.71. The minimum absolute atomic E-state index is 0.0122. The van der Waals surface area contributed by atoms with Crippen LogP contribution in [0.5, 0.6) is 0 Å². The van der Waals surface area contributed by atoms with Gasteiger partial charge in [-0.2, -0.15) is 4.98 Å². The standard InChI is InChI=1S/C12H11FN2O3S2/c13-8-3-1-2-4-9(8)20-5-10-14-11(18-15-10)6-19-7-12(16)17/h1-4H,5-7H2,(H,16,17). The summed E-state index contributed by atoms with van der Waals surface area (Å²) < 4.78 is 18.4. The van der Waals surface area contributed by atoms with Crippen LogP contribution in [0, 0.1) is 5.82 Å². The Labute approximate surface area is 123 Å². The predicted molar refractivity (Wildman–Crippen MR) is 74.1 cm³/mol. The molecule has 8 heteroatoms. The number of rotatable bonds is 7. The molecule has 0 aliphatic heterocycles. The number of hydrogen-bond acceptors (Lipinski definition) is 6. The van der Waals surface area contributed by atoms with Crippen LogP contribution >= 0.6 is 23.5 Å². The molecule has 0 saturated carbocycles. The highest BCUT2D eigenvalue weighted by Crippen LogP contribution is 2.24. The van der Waals surface area contributed by atoms with Crippen LogP contribution in [0.15, 0.2) is 33.7 Å². The fraction of sp³-hybridized carbons (Fsp3) is 0.250. The number of carboxylic acids is 1. The zero-order valence-electron chi connectivity index (χ0n) is 10.3. The van der Waals surface area contributed by atoms with Crippen LogP contribution in [0.25, 0.3) is 0 Å². The van der Waals surface area contributed by atoms with Gasteiger partial charge in [0.2, 0.25) is 5.89 Å². The molecule has 0 amide bonds. The number of benzene rings is 1. The summed E-state index contributed by atoms with van der Waals surface area (Å²) in [6.07, 6.45) is 0. The Morgan fingerprint density at radius 3 is 2.90 bits per heavy atom. The molecule has 2 aromatic rings. The van der Waals surface area contributed by atoms with E-state index in [0.29, 0.717) is 28.1 Å². The van der Waals surface area contributed by atoms with E-state index in [2.05, 4.69) is 10.1 Å². The SMILES string of the molecule is O=C(O)CSCc1nc(CSc2ccccc2F)no1. The van der Waals surface area contributed by atoms with E-state index in [1.807, 2.05) is 0 Å². The minimum Gasteiger partial charge on any atom is -0.481 e. The predicted octanol–water partition coefficient (Wildman–Crippen LogP) is 2.82. The van der Waals surface area contributed by atoms with E-state index < -0.39 is 5.97 Å². The van der Waals surface area contributed by atoms with Crippen molar-refractivity contribution in [2.75, 3.05) is 5.75 Å². The quantitative estimate of drug-likeness (QED) is 0.787. The highest BCUT2D eigenvalue weighted by Gasteiger charge is 2.09. The summed E-state index contributed by atoms with van der Waals surface area (Å²) >= 11 is 2.46. The normalized spacial score (nSPS) is 10.7. The number of carboxylic acid groups (broad SMARTS) is 1. The van der Waals surface area contributed by atoms with Crippen LogP contribution < -0.4 is 0 Å². The first-order valence-electron chi connectivity index (χ1n) is 5.63. The lowest BCUT2D eigenvalue weighted by molar-refractivity contribution is -0.133. The Balaban J connectivity index is 1.84. The Bertz CT molecular complexity index is 592. The summed E-state index contributed by atoms with van der Waals surface area (Å²) in [5.74, 6) is 0.409. The lowest BCUT2D eigenvalue weighted by atomic mass is 10.3. The molecule has 2 rings (SSSR count). The summed E-state index contributed by atoms with van der Waals surface area (Å²) in [6.45, 7) is 0. The first-order valence-corrected chi connectivity index (χ1v) is 7.77. The third kappa shape index (κ3) is 4.53. The largest absolute Gasteiger partial charge is 0.481 e. The van der Waals surface area contributed by atoms with Gasteiger partial charge in [0, 0.05) is 4.90 Å². The van der Waals surface area contributed by atoms with Gasteiger partial charge in [-0.25, -0.2) is 4.39 Å². The van der Waals surface area contributed by atoms with Crippen LogP contribution in [-0.2, 0) is 16.3 Å². The van der Waals surface area contributed by atoms with Gasteiger partial charge in [-0.15, -0.1) is 23.5 Å². The van der Waals surface area contributed by atoms with Crippen LogP contribution in [0.2, 0.25) is 0 Å². The van der Waals surface area contributed by atoms with Crippen molar-refractivity contribution in [1.29, 1.82) is 0 Å². The zero-order valence-corrected chi connectivity index (χ0v) is 11.9. The average Bonchev–Trinajstić information content (AvgIpc) is 2.85. The second-order valence-corrected chi connectivity index (χ2v) is 5.71. The number of halogens is 1. The van der Waals surface area contributed by atoms with Crippen molar-refractivity contribution in [3.05, 3.63) is 41.8 Å². The summed E-state index contributed by atoms with van der Waals surface area (Å²) in [7, 11) is 0. The van der Waals surface area contributed by atoms with Crippen molar-refractivity contribution in [3.63, 3.8) is 0 Å². The van der Waals surface area contributed by atoms with Gasteiger partial charge in [-0.05, 0) is 12.1 Å². The van der Waals surface area contributed by atoms with Crippen molar-refractivity contribution in [2.24, 2.45) is 0 Å². The number of thioether (sulfide) groups is 2. The molecular formula is C12H11FN2O3S2. The van der Waals surface area contributed by atoms with Crippen molar-refractivity contribution in [3.8, 4) is 0 Å². The molecule has 0 radical (unpaired) electrons. The third-order valence-electron chi connectivity index (χ3n) is 2.15. The zero-order chi connectivity index (χ0) is 14.4. The smallest absolute Gasteiger partial charge is 0.313 e. The van der Waals surface area contributed by atoms with Gasteiger partial charge in [0.05, 0.1) is 17.3 Å². The molecule has 0 fully saturated rings. The molecule has 0 bridgehead atoms. The molecule has 1 N–H and O–H groups in total. The molecule has 0 atom stereocenters. The summed E-state index contributed by atoms with van der Waals surface area (Å²) in [6, 6.07) is 6.47. The number of nitrogens with zero attached hydrogens (tertiary/aromatic N) is 2. The van der Waals surface area contributed by atoms with Gasteiger partial charge in [0.25, 0.3) is 0 Å². The Morgan fingerprint density at radius 2 is 2.15 bits per heavy atom. The van der Waals surface area contributed by atoms with Gasteiger partial charge < -0.3 is 9.63 Å². The van der Waals surface area contributed by atoms with E-state index in [1.54, 1.807) is 18.2 Å². The second kappa shape index (κ2) is 7.30. The monoisotopic (exact) mass is 314 g/mol. The molecule has 5 nitrogen and oxygen atoms in total. The fourth-order valence-electron chi connectivity index (χ4n) is 1.34. The molecule has 1 heterocycles. The number of aromatic nitrogens is 2. The van der Waals surface area contributed by atoms with Crippen molar-refractivity contribution >= 4 is 29.5 Å². The van der Waals surface area contributed by atoms with Crippen LogP contribution in [-0.4, -0.2) is 27.0 Å². The first-order chi connectivity index (χ1) is 9.65. The fourth-order valence-corrected chi connectivity index (χ4v) is 2.69. The maximum Gasteiger partial charge on any atom is 0.313 e. The average molecular weight is 314 g/mol. The van der Waals surface area contributed by atoms with Gasteiger partial charge in [-0.1, -0.05) is 17.3 Å².